The number of amides is 3. The van der Waals surface area contributed by atoms with Crippen molar-refractivity contribution in [3.05, 3.63) is 46.8 Å². The van der Waals surface area contributed by atoms with Crippen molar-refractivity contribution in [1.29, 1.82) is 0 Å². The summed E-state index contributed by atoms with van der Waals surface area (Å²) in [6, 6.07) is 7.13. The number of alkyl carbamates (subject to hydrolysis) is 1. The van der Waals surface area contributed by atoms with Gasteiger partial charge in [-0.1, -0.05) is 6.92 Å². The van der Waals surface area contributed by atoms with E-state index in [-0.39, 0.29) is 21.0 Å². The smallest absolute Gasteiger partial charge is 0.413 e. The summed E-state index contributed by atoms with van der Waals surface area (Å²) >= 11 is 1.11. The van der Waals surface area contributed by atoms with Gasteiger partial charge in [0.2, 0.25) is 10.0 Å². The van der Waals surface area contributed by atoms with E-state index in [2.05, 4.69) is 17.0 Å². The van der Waals surface area contributed by atoms with Gasteiger partial charge in [-0.05, 0) is 54.5 Å². The molecule has 166 valence electrons. The summed E-state index contributed by atoms with van der Waals surface area (Å²) in [6.45, 7) is 3.08. The van der Waals surface area contributed by atoms with Crippen LogP contribution >= 0.6 is 11.3 Å². The molecular formula is C20H23N3O6S2. The molecule has 0 aliphatic carbocycles. The highest BCUT2D eigenvalue weighted by Gasteiger charge is 2.28. The molecule has 0 atom stereocenters. The van der Waals surface area contributed by atoms with E-state index in [0.717, 1.165) is 31.3 Å². The van der Waals surface area contributed by atoms with Crippen LogP contribution in [0.25, 0.3) is 0 Å². The molecule has 1 aromatic heterocycles. The summed E-state index contributed by atoms with van der Waals surface area (Å²) in [6.07, 6.45) is 0.743. The second-order valence-electron chi connectivity index (χ2n) is 7.17. The Labute approximate surface area is 184 Å². The Morgan fingerprint density at radius 1 is 1.06 bits per heavy atom. The molecule has 0 saturated carbocycles. The fourth-order valence-corrected chi connectivity index (χ4v) is 5.37. The molecule has 1 saturated heterocycles. The molecule has 2 N–H and O–H groups in total. The van der Waals surface area contributed by atoms with Crippen LogP contribution in [0.2, 0.25) is 0 Å². The second kappa shape index (κ2) is 9.58. The maximum Gasteiger partial charge on any atom is 0.413 e. The molecule has 0 spiro atoms. The lowest BCUT2D eigenvalue weighted by Gasteiger charge is -2.29. The number of carbonyl (C=O) groups is 3. The van der Waals surface area contributed by atoms with Crippen LogP contribution in [-0.2, 0) is 14.8 Å². The molecule has 3 rings (SSSR count). The van der Waals surface area contributed by atoms with Gasteiger partial charge in [0.25, 0.3) is 11.8 Å². The molecule has 1 fully saturated rings. The number of thiophene rings is 1. The third-order valence-electron chi connectivity index (χ3n) is 5.03. The topological polar surface area (TPSA) is 122 Å². The van der Waals surface area contributed by atoms with Crippen molar-refractivity contribution in [3.63, 3.8) is 0 Å². The van der Waals surface area contributed by atoms with Gasteiger partial charge in [-0.15, -0.1) is 11.3 Å². The number of ether oxygens (including phenoxy) is 1. The average Bonchev–Trinajstić information content (AvgIpc) is 3.22. The van der Waals surface area contributed by atoms with Crippen molar-refractivity contribution in [2.45, 2.75) is 24.7 Å². The van der Waals surface area contributed by atoms with Crippen LogP contribution in [0.1, 0.15) is 40.5 Å². The number of methoxy groups -OCH3 is 1. The third-order valence-corrected chi connectivity index (χ3v) is 7.78. The SMILES string of the molecule is COC(=O)NC(=O)c1ccsc1NC(=O)c1ccc(S(=O)(=O)N2CCC(C)CC2)cc1. The van der Waals surface area contributed by atoms with Crippen LogP contribution in [0.5, 0.6) is 0 Å². The minimum Gasteiger partial charge on any atom is -0.453 e. The van der Waals surface area contributed by atoms with Gasteiger partial charge in [0.05, 0.1) is 17.6 Å². The molecular weight excluding hydrogens is 442 g/mol. The van der Waals surface area contributed by atoms with Crippen LogP contribution in [-0.4, -0.2) is 50.8 Å². The quantitative estimate of drug-likeness (QED) is 0.700. The van der Waals surface area contributed by atoms with E-state index in [1.807, 2.05) is 5.32 Å². The molecule has 9 nitrogen and oxygen atoms in total. The maximum absolute atomic E-state index is 12.8. The highest BCUT2D eigenvalue weighted by atomic mass is 32.2. The van der Waals surface area contributed by atoms with Crippen molar-refractivity contribution in [2.75, 3.05) is 25.5 Å². The summed E-state index contributed by atoms with van der Waals surface area (Å²) in [5, 5.41) is 6.49. The average molecular weight is 466 g/mol. The van der Waals surface area contributed by atoms with E-state index >= 15 is 0 Å². The van der Waals surface area contributed by atoms with Gasteiger partial charge in [0, 0.05) is 18.7 Å². The van der Waals surface area contributed by atoms with Gasteiger partial charge in [-0.25, -0.2) is 13.2 Å². The Bertz CT molecular complexity index is 1070. The molecule has 2 heterocycles. The van der Waals surface area contributed by atoms with E-state index in [4.69, 9.17) is 0 Å². The molecule has 3 amide bonds. The lowest BCUT2D eigenvalue weighted by molar-refractivity contribution is 0.0938. The lowest BCUT2D eigenvalue weighted by Crippen LogP contribution is -2.37. The fraction of sp³-hybridized carbons (Fsp3) is 0.350. The van der Waals surface area contributed by atoms with E-state index in [9.17, 15) is 22.8 Å². The summed E-state index contributed by atoms with van der Waals surface area (Å²) in [5.41, 5.74) is 0.348. The first-order valence-electron chi connectivity index (χ1n) is 9.60. The van der Waals surface area contributed by atoms with Gasteiger partial charge in [0.1, 0.15) is 5.00 Å². The molecule has 11 heteroatoms. The van der Waals surface area contributed by atoms with E-state index < -0.39 is 27.9 Å². The molecule has 1 aliphatic rings. The molecule has 31 heavy (non-hydrogen) atoms. The van der Waals surface area contributed by atoms with Gasteiger partial charge in [-0.2, -0.15) is 4.31 Å². The number of rotatable bonds is 5. The van der Waals surface area contributed by atoms with Crippen molar-refractivity contribution in [2.24, 2.45) is 5.92 Å². The fourth-order valence-electron chi connectivity index (χ4n) is 3.12. The maximum atomic E-state index is 12.8. The zero-order valence-corrected chi connectivity index (χ0v) is 18.7. The van der Waals surface area contributed by atoms with Gasteiger partial charge in [-0.3, -0.25) is 14.9 Å². The van der Waals surface area contributed by atoms with Gasteiger partial charge >= 0.3 is 6.09 Å². The Morgan fingerprint density at radius 3 is 2.32 bits per heavy atom. The van der Waals surface area contributed by atoms with Gasteiger partial charge < -0.3 is 10.1 Å². The normalized spacial score (nSPS) is 15.3. The second-order valence-corrected chi connectivity index (χ2v) is 10.0. The molecule has 1 aromatic carbocycles. The summed E-state index contributed by atoms with van der Waals surface area (Å²) in [5.74, 6) is -0.708. The number of hydrogen-bond donors (Lipinski definition) is 2. The van der Waals surface area contributed by atoms with Crippen LogP contribution in [0.3, 0.4) is 0 Å². The number of nitrogens with zero attached hydrogens (tertiary/aromatic N) is 1. The Hall–Kier alpha value is -2.76. The van der Waals surface area contributed by atoms with Crippen LogP contribution < -0.4 is 10.6 Å². The summed E-state index contributed by atoms with van der Waals surface area (Å²) in [7, 11) is -2.47. The van der Waals surface area contributed by atoms with E-state index in [1.165, 1.54) is 34.6 Å². The number of nitrogens with one attached hydrogen (secondary N) is 2. The summed E-state index contributed by atoms with van der Waals surface area (Å²) < 4.78 is 31.5. The van der Waals surface area contributed by atoms with Crippen molar-refractivity contribution in [3.8, 4) is 0 Å². The molecule has 0 bridgehead atoms. The number of sulfonamides is 1. The number of benzene rings is 1. The zero-order valence-electron chi connectivity index (χ0n) is 17.1. The molecule has 0 radical (unpaired) electrons. The predicted octanol–water partition coefficient (Wildman–Crippen LogP) is 2.92. The van der Waals surface area contributed by atoms with E-state index in [1.54, 1.807) is 5.38 Å². The number of hydrogen-bond acceptors (Lipinski definition) is 7. The monoisotopic (exact) mass is 465 g/mol. The van der Waals surface area contributed by atoms with Crippen LogP contribution in [0, 0.1) is 5.92 Å². The minimum atomic E-state index is -3.60. The largest absolute Gasteiger partial charge is 0.453 e. The summed E-state index contributed by atoms with van der Waals surface area (Å²) in [4.78, 5) is 36.0. The molecule has 0 unspecified atom stereocenters. The van der Waals surface area contributed by atoms with Crippen LogP contribution in [0.15, 0.2) is 40.6 Å². The van der Waals surface area contributed by atoms with E-state index in [0.29, 0.717) is 19.0 Å². The van der Waals surface area contributed by atoms with Crippen LogP contribution in [0.4, 0.5) is 9.80 Å². The highest BCUT2D eigenvalue weighted by Crippen LogP contribution is 2.26. The standard InChI is InChI=1S/C20H23N3O6S2/c1-13-7-10-23(11-8-13)31(27,28)15-5-3-14(4-6-15)17(24)21-19-16(9-12-30-19)18(25)22-20(26)29-2/h3-6,9,12-13H,7-8,10-11H2,1-2H3,(H,21,24)(H,22,25,26). The number of anilines is 1. The lowest BCUT2D eigenvalue weighted by atomic mass is 10.0. The number of carbonyl (C=O) groups excluding carboxylic acids is 3. The third kappa shape index (κ3) is 5.30. The Morgan fingerprint density at radius 2 is 1.71 bits per heavy atom. The highest BCUT2D eigenvalue weighted by molar-refractivity contribution is 7.89. The Kier molecular flexibility index (Phi) is 7.08. The molecule has 1 aliphatic heterocycles. The first-order valence-corrected chi connectivity index (χ1v) is 11.9. The minimum absolute atomic E-state index is 0.113. The van der Waals surface area contributed by atoms with Crippen molar-refractivity contribution >= 4 is 44.3 Å². The first kappa shape index (κ1) is 22.9. The number of imide groups is 1. The molecule has 2 aromatic rings. The number of piperidine rings is 1. The van der Waals surface area contributed by atoms with Gasteiger partial charge in [0.15, 0.2) is 0 Å². The Balaban J connectivity index is 1.70. The zero-order chi connectivity index (χ0) is 22.6. The predicted molar refractivity (Wildman–Crippen MR) is 116 cm³/mol. The first-order chi connectivity index (χ1) is 14.7. The van der Waals surface area contributed by atoms with Crippen molar-refractivity contribution in [1.82, 2.24) is 9.62 Å². The van der Waals surface area contributed by atoms with Crippen molar-refractivity contribution < 1.29 is 27.5 Å².